The number of hydrogen-bond donors (Lipinski definition) is 4. The van der Waals surface area contributed by atoms with Crippen molar-refractivity contribution in [2.24, 2.45) is 4.99 Å². The van der Waals surface area contributed by atoms with E-state index in [1.165, 1.54) is 0 Å². The van der Waals surface area contributed by atoms with Crippen molar-refractivity contribution in [2.75, 3.05) is 31.1 Å². The molecule has 0 saturated carbocycles. The van der Waals surface area contributed by atoms with Gasteiger partial charge in [-0.15, -0.1) is 0 Å². The van der Waals surface area contributed by atoms with Crippen LogP contribution in [0.4, 0.5) is 11.6 Å². The number of piperidine rings is 1. The Hall–Kier alpha value is -3.41. The molecule has 0 aliphatic carbocycles. The van der Waals surface area contributed by atoms with E-state index in [0.29, 0.717) is 38.6 Å². The van der Waals surface area contributed by atoms with Gasteiger partial charge in [-0.2, -0.15) is 4.99 Å². The average molecular weight is 447 g/mol. The second-order valence-electron chi connectivity index (χ2n) is 7.59. The normalized spacial score (nSPS) is 18.7. The van der Waals surface area contributed by atoms with Crippen molar-refractivity contribution in [1.82, 2.24) is 35.1 Å². The third-order valence-electron chi connectivity index (χ3n) is 5.51. The van der Waals surface area contributed by atoms with Gasteiger partial charge in [0.25, 0.3) is 0 Å². The molecule has 2 amide bonds. The lowest BCUT2D eigenvalue weighted by Crippen LogP contribution is -2.53. The highest BCUT2D eigenvalue weighted by molar-refractivity contribution is 6.31. The Labute approximate surface area is 183 Å². The van der Waals surface area contributed by atoms with Crippen LogP contribution in [-0.2, 0) is 11.3 Å². The molecule has 13 heteroatoms. The van der Waals surface area contributed by atoms with Gasteiger partial charge < -0.3 is 31.6 Å². The summed E-state index contributed by atoms with van der Waals surface area (Å²) in [5.41, 5.74) is 10.8. The minimum atomic E-state index is -0.675. The molecule has 31 heavy (non-hydrogen) atoms. The van der Waals surface area contributed by atoms with Crippen LogP contribution in [-0.4, -0.2) is 67.4 Å². The van der Waals surface area contributed by atoms with E-state index < -0.39 is 5.91 Å². The molecule has 2 aliphatic heterocycles. The number of aliphatic imine (C=N–C) groups is 1. The van der Waals surface area contributed by atoms with Gasteiger partial charge in [0.2, 0.25) is 5.91 Å². The number of halogens is 1. The number of anilines is 2. The summed E-state index contributed by atoms with van der Waals surface area (Å²) >= 11 is 5.83. The van der Waals surface area contributed by atoms with Crippen molar-refractivity contribution in [2.45, 2.75) is 31.3 Å². The monoisotopic (exact) mass is 446 g/mol. The van der Waals surface area contributed by atoms with E-state index in [9.17, 15) is 9.59 Å². The third-order valence-corrected chi connectivity index (χ3v) is 5.79. The number of amides is 2. The minimum absolute atomic E-state index is 0.0502. The fourth-order valence-electron chi connectivity index (χ4n) is 3.70. The number of likely N-dealkylation sites (tertiary alicyclic amines) is 1. The first kappa shape index (κ1) is 20.8. The molecule has 164 valence electrons. The molecule has 0 aromatic carbocycles. The van der Waals surface area contributed by atoms with Crippen LogP contribution in [0.2, 0.25) is 5.15 Å². The van der Waals surface area contributed by atoms with Crippen LogP contribution >= 0.6 is 11.6 Å². The van der Waals surface area contributed by atoms with E-state index in [1.807, 2.05) is 15.7 Å². The number of nitrogens with one attached hydrogen (secondary N) is 2. The summed E-state index contributed by atoms with van der Waals surface area (Å²) in [6.45, 7) is 2.47. The van der Waals surface area contributed by atoms with Crippen LogP contribution in [0.3, 0.4) is 0 Å². The van der Waals surface area contributed by atoms with Crippen LogP contribution in [0.1, 0.15) is 29.8 Å². The van der Waals surface area contributed by atoms with E-state index in [0.717, 1.165) is 12.8 Å². The molecule has 0 bridgehead atoms. The summed E-state index contributed by atoms with van der Waals surface area (Å²) in [6.07, 6.45) is 7.14. The Morgan fingerprint density at radius 2 is 2.00 bits per heavy atom. The molecule has 0 atom stereocenters. The van der Waals surface area contributed by atoms with Crippen molar-refractivity contribution in [3.8, 4) is 0 Å². The van der Waals surface area contributed by atoms with Gasteiger partial charge in [-0.05, 0) is 12.8 Å². The zero-order valence-corrected chi connectivity index (χ0v) is 17.5. The largest absolute Gasteiger partial charge is 0.382 e. The molecule has 4 heterocycles. The summed E-state index contributed by atoms with van der Waals surface area (Å²) in [6, 6.07) is 0. The topological polar surface area (TPSA) is 169 Å². The number of rotatable bonds is 4. The quantitative estimate of drug-likeness (QED) is 0.489. The van der Waals surface area contributed by atoms with Gasteiger partial charge in [0, 0.05) is 45.0 Å². The molecule has 4 rings (SSSR count). The van der Waals surface area contributed by atoms with Crippen molar-refractivity contribution in [1.29, 1.82) is 0 Å². The maximum Gasteiger partial charge on any atom is 0.302 e. The maximum absolute atomic E-state index is 12.5. The highest BCUT2D eigenvalue weighted by Gasteiger charge is 2.40. The highest BCUT2D eigenvalue weighted by atomic mass is 35.5. The molecule has 2 fully saturated rings. The number of carbonyl (C=O) groups is 2. The lowest BCUT2D eigenvalue weighted by molar-refractivity contribution is -0.133. The summed E-state index contributed by atoms with van der Waals surface area (Å²) in [7, 11) is 0. The van der Waals surface area contributed by atoms with Crippen LogP contribution in [0.15, 0.2) is 23.7 Å². The second kappa shape index (κ2) is 8.38. The van der Waals surface area contributed by atoms with Crippen LogP contribution in [0, 0.1) is 0 Å². The highest BCUT2D eigenvalue weighted by Crippen LogP contribution is 2.25. The first-order valence-electron chi connectivity index (χ1n) is 9.82. The van der Waals surface area contributed by atoms with E-state index in [4.69, 9.17) is 23.1 Å². The molecule has 12 nitrogen and oxygen atoms in total. The Balaban J connectivity index is 1.33. The Morgan fingerprint density at radius 3 is 2.71 bits per heavy atom. The minimum Gasteiger partial charge on any atom is -0.382 e. The number of aryl methyl sites for hydroxylation is 1. The number of nitrogens with two attached hydrogens (primary N) is 2. The molecular weight excluding hydrogens is 424 g/mol. The van der Waals surface area contributed by atoms with Gasteiger partial charge in [0.05, 0.1) is 11.9 Å². The van der Waals surface area contributed by atoms with Crippen molar-refractivity contribution in [3.63, 3.8) is 0 Å². The summed E-state index contributed by atoms with van der Waals surface area (Å²) in [4.78, 5) is 42.5. The fourth-order valence-corrected chi connectivity index (χ4v) is 3.83. The number of nitrogens with zero attached hydrogens (tertiary/aromatic N) is 6. The van der Waals surface area contributed by atoms with Crippen LogP contribution in [0.5, 0.6) is 0 Å². The summed E-state index contributed by atoms with van der Waals surface area (Å²) in [5, 5.41) is 6.29. The van der Waals surface area contributed by atoms with Crippen molar-refractivity contribution >= 4 is 41.0 Å². The average Bonchev–Trinajstić information content (AvgIpc) is 3.40. The number of aromatic nitrogens is 4. The third kappa shape index (κ3) is 4.53. The predicted molar refractivity (Wildman–Crippen MR) is 114 cm³/mol. The second-order valence-corrected chi connectivity index (χ2v) is 7.95. The molecule has 0 unspecified atom stereocenters. The van der Waals surface area contributed by atoms with Crippen LogP contribution in [0.25, 0.3) is 0 Å². The fraction of sp³-hybridized carbons (Fsp3) is 0.444. The Bertz CT molecular complexity index is 1010. The standard InChI is InChI=1S/C18H23ClN10O2/c19-13-15(21)25-14(20)12(24-13)16(31)26-17-23-9-18(27-17)2-6-29(7-3-18)11(30)1-5-28-8-4-22-10-28/h4,8,10H,1-3,5-7,9H2,(H4,20,21,25)(H2,23,26,27,31). The summed E-state index contributed by atoms with van der Waals surface area (Å²) < 4.78 is 1.89. The number of imidazole rings is 1. The molecule has 2 saturated heterocycles. The zero-order valence-electron chi connectivity index (χ0n) is 16.7. The van der Waals surface area contributed by atoms with Gasteiger partial charge in [-0.25, -0.2) is 15.0 Å². The first-order valence-corrected chi connectivity index (χ1v) is 10.2. The van der Waals surface area contributed by atoms with Crippen LogP contribution < -0.4 is 22.1 Å². The number of nitrogen functional groups attached to an aromatic ring is 2. The molecule has 2 aliphatic rings. The Kier molecular flexibility index (Phi) is 5.63. The number of carbonyl (C=O) groups excluding carboxylic acids is 2. The molecular formula is C18H23ClN10O2. The van der Waals surface area contributed by atoms with E-state index in [2.05, 4.69) is 30.6 Å². The SMILES string of the molecule is Nc1nc(N)c(C(=O)/N=C2\NCC3(CCN(C(=O)CCn4ccnc4)CC3)N2)nc1Cl. The predicted octanol–water partition coefficient (Wildman–Crippen LogP) is -0.369. The lowest BCUT2D eigenvalue weighted by atomic mass is 9.88. The van der Waals surface area contributed by atoms with E-state index in [1.54, 1.807) is 12.5 Å². The Morgan fingerprint density at radius 1 is 1.23 bits per heavy atom. The van der Waals surface area contributed by atoms with Gasteiger partial charge in [0.1, 0.15) is 0 Å². The van der Waals surface area contributed by atoms with Gasteiger partial charge in [0.15, 0.2) is 28.4 Å². The van der Waals surface area contributed by atoms with Gasteiger partial charge in [-0.1, -0.05) is 11.6 Å². The smallest absolute Gasteiger partial charge is 0.302 e. The van der Waals surface area contributed by atoms with Gasteiger partial charge in [-0.3, -0.25) is 9.59 Å². The van der Waals surface area contributed by atoms with E-state index in [-0.39, 0.29) is 33.9 Å². The van der Waals surface area contributed by atoms with Gasteiger partial charge >= 0.3 is 5.91 Å². The van der Waals surface area contributed by atoms with Crippen molar-refractivity contribution < 1.29 is 9.59 Å². The first-order chi connectivity index (χ1) is 14.8. The summed E-state index contributed by atoms with van der Waals surface area (Å²) in [5.74, 6) is -0.407. The number of guanidine groups is 1. The maximum atomic E-state index is 12.5. The number of hydrogen-bond acceptors (Lipinski definition) is 7. The molecule has 2 aromatic heterocycles. The molecule has 2 aromatic rings. The van der Waals surface area contributed by atoms with E-state index >= 15 is 0 Å². The molecule has 1 spiro atoms. The zero-order chi connectivity index (χ0) is 22.0. The molecule has 0 radical (unpaired) electrons. The molecule has 6 N–H and O–H groups in total. The van der Waals surface area contributed by atoms with Crippen molar-refractivity contribution in [3.05, 3.63) is 29.6 Å². The lowest BCUT2D eigenvalue weighted by Gasteiger charge is -2.38.